The third kappa shape index (κ3) is 8.16. The summed E-state index contributed by atoms with van der Waals surface area (Å²) in [6.07, 6.45) is -0.0707. The molecule has 0 radical (unpaired) electrons. The largest absolute Gasteiger partial charge is 0.482 e. The number of carboxylic acids is 1. The van der Waals surface area contributed by atoms with Crippen molar-refractivity contribution >= 4 is 27.4 Å². The Morgan fingerprint density at radius 3 is 2.27 bits per heavy atom. The molecule has 4 aromatic rings. The van der Waals surface area contributed by atoms with Crippen LogP contribution in [0.15, 0.2) is 113 Å². The number of carboxylic acid groups (broad SMARTS) is 1. The van der Waals surface area contributed by atoms with Crippen molar-refractivity contribution in [1.82, 2.24) is 4.90 Å². The number of benzene rings is 4. The predicted molar refractivity (Wildman–Crippen MR) is 153 cm³/mol. The standard InChI is InChI=1S/C31H30ClNO6S/c32-26-9-4-8-25(18-26)30(34)21-33(20-24-6-2-1-3-7-24)17-16-23-12-14-28(15-13-23)40(37,38)29-11-5-10-27(19-29)39-22-31(35)36/h1-15,18-19,30,34H,16-17,20-22H2,(H,35,36)/t30-/m0/s1. The van der Waals surface area contributed by atoms with Gasteiger partial charge in [0.05, 0.1) is 15.9 Å². The predicted octanol–water partition coefficient (Wildman–Crippen LogP) is 5.41. The average Bonchev–Trinajstić information content (AvgIpc) is 2.95. The van der Waals surface area contributed by atoms with Crippen LogP contribution in [-0.2, 0) is 27.6 Å². The molecule has 0 aliphatic rings. The van der Waals surface area contributed by atoms with Crippen LogP contribution in [-0.4, -0.2) is 49.2 Å². The molecular weight excluding hydrogens is 550 g/mol. The Morgan fingerprint density at radius 1 is 0.850 bits per heavy atom. The van der Waals surface area contributed by atoms with Gasteiger partial charge in [-0.25, -0.2) is 13.2 Å². The maximum Gasteiger partial charge on any atom is 0.341 e. The summed E-state index contributed by atoms with van der Waals surface area (Å²) in [4.78, 5) is 13.1. The first-order chi connectivity index (χ1) is 19.2. The lowest BCUT2D eigenvalue weighted by Crippen LogP contribution is -2.30. The molecule has 0 heterocycles. The third-order valence-corrected chi connectivity index (χ3v) is 8.34. The second-order valence-electron chi connectivity index (χ2n) is 9.35. The van der Waals surface area contributed by atoms with Crippen molar-refractivity contribution in [3.8, 4) is 5.75 Å². The lowest BCUT2D eigenvalue weighted by atomic mass is 10.1. The second kappa shape index (κ2) is 13.6. The molecule has 0 saturated carbocycles. The van der Waals surface area contributed by atoms with E-state index in [0.29, 0.717) is 31.1 Å². The lowest BCUT2D eigenvalue weighted by Gasteiger charge is -2.25. The molecule has 9 heteroatoms. The summed E-state index contributed by atoms with van der Waals surface area (Å²) < 4.78 is 31.5. The molecule has 0 unspecified atom stereocenters. The number of carbonyl (C=O) groups is 1. The number of ether oxygens (including phenoxy) is 1. The van der Waals surface area contributed by atoms with Crippen LogP contribution in [0, 0.1) is 0 Å². The minimum absolute atomic E-state index is 0.0205. The molecule has 0 fully saturated rings. The quantitative estimate of drug-likeness (QED) is 0.218. The van der Waals surface area contributed by atoms with Crippen molar-refractivity contribution in [3.05, 3.63) is 125 Å². The fraction of sp³-hybridized carbons (Fsp3) is 0.194. The summed E-state index contributed by atoms with van der Waals surface area (Å²) in [5, 5.41) is 20.3. The van der Waals surface area contributed by atoms with Gasteiger partial charge in [-0.15, -0.1) is 0 Å². The minimum atomic E-state index is -3.82. The van der Waals surface area contributed by atoms with Gasteiger partial charge in [0, 0.05) is 24.7 Å². The zero-order valence-corrected chi connectivity index (χ0v) is 23.3. The van der Waals surface area contributed by atoms with Gasteiger partial charge in [-0.3, -0.25) is 4.90 Å². The minimum Gasteiger partial charge on any atom is -0.482 e. The first-order valence-corrected chi connectivity index (χ1v) is 14.6. The van der Waals surface area contributed by atoms with Crippen LogP contribution in [0.3, 0.4) is 0 Å². The van der Waals surface area contributed by atoms with E-state index in [2.05, 4.69) is 4.90 Å². The molecule has 4 rings (SSSR count). The second-order valence-corrected chi connectivity index (χ2v) is 11.7. The Hall–Kier alpha value is -3.69. The maximum atomic E-state index is 13.2. The molecule has 4 aromatic carbocycles. The molecule has 0 bridgehead atoms. The fourth-order valence-corrected chi connectivity index (χ4v) is 5.77. The number of rotatable bonds is 13. The van der Waals surface area contributed by atoms with Gasteiger partial charge < -0.3 is 14.9 Å². The highest BCUT2D eigenvalue weighted by molar-refractivity contribution is 7.91. The van der Waals surface area contributed by atoms with Crippen molar-refractivity contribution in [2.24, 2.45) is 0 Å². The third-order valence-electron chi connectivity index (χ3n) is 6.34. The highest BCUT2D eigenvalue weighted by atomic mass is 35.5. The Bertz CT molecular complexity index is 1530. The highest BCUT2D eigenvalue weighted by Crippen LogP contribution is 2.25. The number of hydrogen-bond donors (Lipinski definition) is 2. The number of aliphatic hydroxyl groups excluding tert-OH is 1. The number of aliphatic hydroxyl groups is 1. The molecule has 0 spiro atoms. The molecule has 0 saturated heterocycles. The van der Waals surface area contributed by atoms with E-state index in [-0.39, 0.29) is 15.5 Å². The van der Waals surface area contributed by atoms with Gasteiger partial charge >= 0.3 is 5.97 Å². The van der Waals surface area contributed by atoms with Gasteiger partial charge in [-0.05, 0) is 65.6 Å². The number of sulfone groups is 1. The van der Waals surface area contributed by atoms with Gasteiger partial charge in [-0.2, -0.15) is 0 Å². The monoisotopic (exact) mass is 579 g/mol. The summed E-state index contributed by atoms with van der Waals surface area (Å²) in [5.41, 5.74) is 2.82. The molecule has 0 aliphatic carbocycles. The molecule has 2 N–H and O–H groups in total. The Kier molecular flexibility index (Phi) is 9.95. The lowest BCUT2D eigenvalue weighted by molar-refractivity contribution is -0.139. The van der Waals surface area contributed by atoms with Crippen molar-refractivity contribution in [1.29, 1.82) is 0 Å². The van der Waals surface area contributed by atoms with Crippen LogP contribution in [0.5, 0.6) is 5.75 Å². The van der Waals surface area contributed by atoms with Crippen LogP contribution in [0.1, 0.15) is 22.8 Å². The van der Waals surface area contributed by atoms with E-state index in [1.54, 1.807) is 36.4 Å². The molecule has 7 nitrogen and oxygen atoms in total. The molecular formula is C31H30ClNO6S. The van der Waals surface area contributed by atoms with E-state index >= 15 is 0 Å². The van der Waals surface area contributed by atoms with E-state index in [1.807, 2.05) is 42.5 Å². The summed E-state index contributed by atoms with van der Waals surface area (Å²) in [7, 11) is -3.82. The first-order valence-electron chi connectivity index (χ1n) is 12.7. The number of aliphatic carboxylic acids is 1. The normalized spacial score (nSPS) is 12.3. The molecule has 0 amide bonds. The topological polar surface area (TPSA) is 104 Å². The zero-order valence-electron chi connectivity index (χ0n) is 21.7. The number of nitrogens with zero attached hydrogens (tertiary/aromatic N) is 1. The Morgan fingerprint density at radius 2 is 1.57 bits per heavy atom. The van der Waals surface area contributed by atoms with Crippen LogP contribution in [0.25, 0.3) is 0 Å². The average molecular weight is 580 g/mol. The molecule has 40 heavy (non-hydrogen) atoms. The Balaban J connectivity index is 1.45. The zero-order chi connectivity index (χ0) is 28.5. The smallest absolute Gasteiger partial charge is 0.341 e. The highest BCUT2D eigenvalue weighted by Gasteiger charge is 2.19. The summed E-state index contributed by atoms with van der Waals surface area (Å²) in [5.74, 6) is -0.983. The number of halogens is 1. The molecule has 0 aliphatic heterocycles. The van der Waals surface area contributed by atoms with Crippen molar-refractivity contribution in [3.63, 3.8) is 0 Å². The fourth-order valence-electron chi connectivity index (χ4n) is 4.28. The van der Waals surface area contributed by atoms with Gasteiger partial charge in [0.25, 0.3) is 0 Å². The van der Waals surface area contributed by atoms with Crippen LogP contribution in [0.2, 0.25) is 5.02 Å². The van der Waals surface area contributed by atoms with E-state index < -0.39 is 28.5 Å². The van der Waals surface area contributed by atoms with E-state index in [0.717, 1.165) is 16.7 Å². The summed E-state index contributed by atoms with van der Waals surface area (Å²) in [6.45, 7) is 1.13. The summed E-state index contributed by atoms with van der Waals surface area (Å²) in [6, 6.07) is 29.7. The first kappa shape index (κ1) is 29.3. The van der Waals surface area contributed by atoms with Crippen LogP contribution >= 0.6 is 11.6 Å². The maximum absolute atomic E-state index is 13.2. The number of hydrogen-bond acceptors (Lipinski definition) is 6. The SMILES string of the molecule is O=C(O)COc1cccc(S(=O)(=O)c2ccc(CCN(Cc3ccccc3)C[C@H](O)c3cccc(Cl)c3)cc2)c1. The van der Waals surface area contributed by atoms with Crippen molar-refractivity contribution in [2.45, 2.75) is 28.9 Å². The Labute approximate surface area is 239 Å². The molecule has 208 valence electrons. The van der Waals surface area contributed by atoms with Gasteiger partial charge in [0.2, 0.25) is 9.84 Å². The van der Waals surface area contributed by atoms with Gasteiger partial charge in [0.1, 0.15) is 5.75 Å². The van der Waals surface area contributed by atoms with E-state index in [9.17, 15) is 18.3 Å². The van der Waals surface area contributed by atoms with Gasteiger partial charge in [0.15, 0.2) is 6.61 Å². The van der Waals surface area contributed by atoms with E-state index in [1.165, 1.54) is 24.3 Å². The van der Waals surface area contributed by atoms with Crippen molar-refractivity contribution < 1.29 is 28.2 Å². The van der Waals surface area contributed by atoms with Crippen LogP contribution < -0.4 is 4.74 Å². The molecule has 1 atom stereocenters. The molecule has 0 aromatic heterocycles. The van der Waals surface area contributed by atoms with E-state index in [4.69, 9.17) is 21.4 Å². The van der Waals surface area contributed by atoms with Gasteiger partial charge in [-0.1, -0.05) is 72.3 Å². The van der Waals surface area contributed by atoms with Crippen LogP contribution in [0.4, 0.5) is 0 Å². The van der Waals surface area contributed by atoms with Crippen molar-refractivity contribution in [2.75, 3.05) is 19.7 Å². The summed E-state index contributed by atoms with van der Waals surface area (Å²) >= 11 is 6.12.